The number of nitrogens with one attached hydrogen (secondary N) is 1. The van der Waals surface area contributed by atoms with Gasteiger partial charge in [0.15, 0.2) is 0 Å². The van der Waals surface area contributed by atoms with Crippen LogP contribution in [0.2, 0.25) is 0 Å². The van der Waals surface area contributed by atoms with Crippen LogP contribution in [-0.4, -0.2) is 15.5 Å². The number of halogens is 1. The molecule has 24 heavy (non-hydrogen) atoms. The third-order valence-corrected chi connectivity index (χ3v) is 5.00. The number of methoxy groups -OCH3 is 1. The fourth-order valence-electron chi connectivity index (χ4n) is 2.19. The number of rotatable bonds is 6. The van der Waals surface area contributed by atoms with E-state index < -0.39 is 10.0 Å². The summed E-state index contributed by atoms with van der Waals surface area (Å²) < 4.78 is 32.8. The molecule has 5 nitrogen and oxygen atoms in total. The molecular formula is C17H23ClN2O3S. The standard InChI is InChI=1S/C17H22N2O3S.ClH/c1-12-4-9-16(22-3)17(10-12)23(20,21)19-11-14-5-7-15(8-6-14)13(2)18;/h4-10,13,19H,11,18H2,1-3H3;1H. The van der Waals surface area contributed by atoms with Crippen molar-refractivity contribution in [2.75, 3.05) is 7.11 Å². The zero-order chi connectivity index (χ0) is 17.0. The molecule has 2 aromatic rings. The fraction of sp³-hybridized carbons (Fsp3) is 0.294. The Balaban J connectivity index is 0.00000288. The van der Waals surface area contributed by atoms with Crippen molar-refractivity contribution >= 4 is 22.4 Å². The van der Waals surface area contributed by atoms with Crippen LogP contribution in [0.25, 0.3) is 0 Å². The summed E-state index contributed by atoms with van der Waals surface area (Å²) in [6.07, 6.45) is 0. The first-order valence-corrected chi connectivity index (χ1v) is 8.80. The highest BCUT2D eigenvalue weighted by Crippen LogP contribution is 2.24. The molecule has 1 atom stereocenters. The first kappa shape index (κ1) is 20.4. The summed E-state index contributed by atoms with van der Waals surface area (Å²) in [4.78, 5) is 0.146. The van der Waals surface area contributed by atoms with Gasteiger partial charge in [0, 0.05) is 12.6 Å². The van der Waals surface area contributed by atoms with E-state index in [1.54, 1.807) is 12.1 Å². The van der Waals surface area contributed by atoms with Crippen molar-refractivity contribution in [1.82, 2.24) is 4.72 Å². The normalized spacial score (nSPS) is 12.3. The second-order valence-corrected chi connectivity index (χ2v) is 7.24. The molecule has 0 spiro atoms. The molecule has 2 aromatic carbocycles. The quantitative estimate of drug-likeness (QED) is 0.819. The predicted molar refractivity (Wildman–Crippen MR) is 98.0 cm³/mol. The van der Waals surface area contributed by atoms with E-state index in [0.29, 0.717) is 5.75 Å². The number of benzene rings is 2. The molecule has 132 valence electrons. The SMILES string of the molecule is COc1ccc(C)cc1S(=O)(=O)NCc1ccc(C(C)N)cc1.Cl. The molecule has 0 radical (unpaired) electrons. The first-order valence-electron chi connectivity index (χ1n) is 7.32. The van der Waals surface area contributed by atoms with Crippen molar-refractivity contribution < 1.29 is 13.2 Å². The fourth-order valence-corrected chi connectivity index (χ4v) is 3.46. The summed E-state index contributed by atoms with van der Waals surface area (Å²) in [7, 11) is -2.20. The van der Waals surface area contributed by atoms with Gasteiger partial charge in [0.1, 0.15) is 10.6 Å². The maximum Gasteiger partial charge on any atom is 0.244 e. The molecule has 0 aliphatic carbocycles. The van der Waals surface area contributed by atoms with Gasteiger partial charge >= 0.3 is 0 Å². The van der Waals surface area contributed by atoms with Gasteiger partial charge in [-0.15, -0.1) is 12.4 Å². The Morgan fingerprint density at radius 1 is 1.17 bits per heavy atom. The van der Waals surface area contributed by atoms with Crippen LogP contribution in [0.3, 0.4) is 0 Å². The molecule has 0 bridgehead atoms. The summed E-state index contributed by atoms with van der Waals surface area (Å²) in [5, 5.41) is 0. The van der Waals surface area contributed by atoms with Gasteiger partial charge in [0.25, 0.3) is 0 Å². The zero-order valence-corrected chi connectivity index (χ0v) is 15.6. The smallest absolute Gasteiger partial charge is 0.244 e. The summed E-state index contributed by atoms with van der Waals surface area (Å²) in [6.45, 7) is 3.95. The van der Waals surface area contributed by atoms with E-state index in [1.807, 2.05) is 44.2 Å². The van der Waals surface area contributed by atoms with E-state index in [1.165, 1.54) is 7.11 Å². The minimum atomic E-state index is -3.65. The van der Waals surface area contributed by atoms with Gasteiger partial charge in [-0.1, -0.05) is 30.3 Å². The van der Waals surface area contributed by atoms with Crippen LogP contribution in [0.5, 0.6) is 5.75 Å². The van der Waals surface area contributed by atoms with Gasteiger partial charge in [0.2, 0.25) is 10.0 Å². The average Bonchev–Trinajstić information content (AvgIpc) is 2.53. The lowest BCUT2D eigenvalue weighted by Gasteiger charge is -2.12. The van der Waals surface area contributed by atoms with E-state index in [4.69, 9.17) is 10.5 Å². The minimum Gasteiger partial charge on any atom is -0.495 e. The Labute approximate surface area is 149 Å². The summed E-state index contributed by atoms with van der Waals surface area (Å²) in [5.74, 6) is 0.329. The molecule has 3 N–H and O–H groups in total. The van der Waals surface area contributed by atoms with Crippen LogP contribution in [0.1, 0.15) is 29.7 Å². The van der Waals surface area contributed by atoms with Crippen LogP contribution in [0.15, 0.2) is 47.4 Å². The third-order valence-electron chi connectivity index (χ3n) is 3.58. The monoisotopic (exact) mass is 370 g/mol. The second-order valence-electron chi connectivity index (χ2n) is 5.51. The predicted octanol–water partition coefficient (Wildman–Crippen LogP) is 2.92. The lowest BCUT2D eigenvalue weighted by atomic mass is 10.1. The van der Waals surface area contributed by atoms with Gasteiger partial charge in [-0.2, -0.15) is 0 Å². The van der Waals surface area contributed by atoms with Crippen molar-refractivity contribution in [3.05, 3.63) is 59.2 Å². The van der Waals surface area contributed by atoms with E-state index in [9.17, 15) is 8.42 Å². The number of hydrogen-bond donors (Lipinski definition) is 2. The maximum absolute atomic E-state index is 12.5. The van der Waals surface area contributed by atoms with Crippen molar-refractivity contribution in [3.63, 3.8) is 0 Å². The summed E-state index contributed by atoms with van der Waals surface area (Å²) >= 11 is 0. The number of sulfonamides is 1. The second kappa shape index (κ2) is 8.48. The average molecular weight is 371 g/mol. The van der Waals surface area contributed by atoms with E-state index in [-0.39, 0.29) is 29.9 Å². The van der Waals surface area contributed by atoms with Crippen molar-refractivity contribution in [2.45, 2.75) is 31.3 Å². The number of hydrogen-bond acceptors (Lipinski definition) is 4. The van der Waals surface area contributed by atoms with E-state index in [0.717, 1.165) is 16.7 Å². The number of nitrogens with two attached hydrogens (primary N) is 1. The van der Waals surface area contributed by atoms with E-state index >= 15 is 0 Å². The molecule has 0 saturated heterocycles. The highest BCUT2D eigenvalue weighted by atomic mass is 35.5. The maximum atomic E-state index is 12.5. The molecule has 0 amide bonds. The van der Waals surface area contributed by atoms with Crippen LogP contribution in [0, 0.1) is 6.92 Å². The molecule has 0 saturated carbocycles. The number of ether oxygens (including phenoxy) is 1. The van der Waals surface area contributed by atoms with Gasteiger partial charge in [0.05, 0.1) is 7.11 Å². The van der Waals surface area contributed by atoms with Crippen LogP contribution < -0.4 is 15.2 Å². The topological polar surface area (TPSA) is 81.4 Å². The van der Waals surface area contributed by atoms with Gasteiger partial charge in [-0.3, -0.25) is 0 Å². The lowest BCUT2D eigenvalue weighted by molar-refractivity contribution is 0.402. The zero-order valence-electron chi connectivity index (χ0n) is 13.9. The van der Waals surface area contributed by atoms with Gasteiger partial charge < -0.3 is 10.5 Å². The third kappa shape index (κ3) is 4.95. The van der Waals surface area contributed by atoms with E-state index in [2.05, 4.69) is 4.72 Å². The largest absolute Gasteiger partial charge is 0.495 e. The molecule has 0 aliphatic heterocycles. The van der Waals surface area contributed by atoms with Crippen molar-refractivity contribution in [3.8, 4) is 5.75 Å². The molecule has 7 heteroatoms. The van der Waals surface area contributed by atoms with Crippen molar-refractivity contribution in [2.24, 2.45) is 5.73 Å². The van der Waals surface area contributed by atoms with Crippen LogP contribution in [0.4, 0.5) is 0 Å². The van der Waals surface area contributed by atoms with Crippen LogP contribution >= 0.6 is 12.4 Å². The Hall–Kier alpha value is -1.60. The molecule has 2 rings (SSSR count). The Kier molecular flexibility index (Phi) is 7.23. The Morgan fingerprint density at radius 3 is 2.33 bits per heavy atom. The Morgan fingerprint density at radius 2 is 1.79 bits per heavy atom. The number of aryl methyl sites for hydroxylation is 1. The van der Waals surface area contributed by atoms with Crippen LogP contribution in [-0.2, 0) is 16.6 Å². The molecule has 0 aromatic heterocycles. The molecular weight excluding hydrogens is 348 g/mol. The highest BCUT2D eigenvalue weighted by Gasteiger charge is 2.19. The minimum absolute atomic E-state index is 0. The Bertz CT molecular complexity index is 775. The first-order chi connectivity index (χ1) is 10.8. The summed E-state index contributed by atoms with van der Waals surface area (Å²) in [5.41, 5.74) is 8.53. The summed E-state index contributed by atoms with van der Waals surface area (Å²) in [6, 6.07) is 12.6. The molecule has 0 fully saturated rings. The van der Waals surface area contributed by atoms with Gasteiger partial charge in [-0.25, -0.2) is 13.1 Å². The highest BCUT2D eigenvalue weighted by molar-refractivity contribution is 7.89. The van der Waals surface area contributed by atoms with Gasteiger partial charge in [-0.05, 0) is 42.7 Å². The van der Waals surface area contributed by atoms with Crippen molar-refractivity contribution in [1.29, 1.82) is 0 Å². The molecule has 0 heterocycles. The molecule has 0 aliphatic rings. The molecule has 1 unspecified atom stereocenters. The lowest BCUT2D eigenvalue weighted by Crippen LogP contribution is -2.24.